The third-order valence-corrected chi connectivity index (χ3v) is 10.1. The zero-order chi connectivity index (χ0) is 35.4. The summed E-state index contributed by atoms with van der Waals surface area (Å²) in [5.74, 6) is 0. The summed E-state index contributed by atoms with van der Waals surface area (Å²) in [4.78, 5) is 2.34. The highest BCUT2D eigenvalue weighted by atomic mass is 15.1. The van der Waals surface area contributed by atoms with Crippen LogP contribution in [-0.4, -0.2) is 0 Å². The van der Waals surface area contributed by atoms with Crippen LogP contribution in [0.3, 0.4) is 0 Å². The fourth-order valence-corrected chi connectivity index (χ4v) is 7.31. The zero-order valence-corrected chi connectivity index (χ0v) is 29.3. The molecule has 0 aliphatic carbocycles. The largest absolute Gasteiger partial charge is 0.311 e. The third kappa shape index (κ3) is 6.65. The van der Waals surface area contributed by atoms with E-state index in [0.29, 0.717) is 0 Å². The van der Waals surface area contributed by atoms with E-state index in [1.807, 2.05) is 0 Å². The van der Waals surface area contributed by atoms with Gasteiger partial charge in [-0.05, 0) is 109 Å². The first kappa shape index (κ1) is 32.0. The Balaban J connectivity index is 1.04. The van der Waals surface area contributed by atoms with Gasteiger partial charge in [-0.2, -0.15) is 0 Å². The van der Waals surface area contributed by atoms with E-state index >= 15 is 0 Å². The molecule has 0 bridgehead atoms. The van der Waals surface area contributed by atoms with Crippen molar-refractivity contribution in [2.45, 2.75) is 0 Å². The molecule has 1 nitrogen and oxygen atoms in total. The molecule has 9 aromatic rings. The van der Waals surface area contributed by atoms with Crippen LogP contribution in [-0.2, 0) is 0 Å². The molecule has 0 spiro atoms. The highest BCUT2D eigenvalue weighted by molar-refractivity contribution is 5.97. The molecule has 0 aromatic heterocycles. The van der Waals surface area contributed by atoms with Gasteiger partial charge in [-0.25, -0.2) is 0 Å². The van der Waals surface area contributed by atoms with Gasteiger partial charge in [0.15, 0.2) is 0 Å². The quantitative estimate of drug-likeness (QED) is 0.155. The van der Waals surface area contributed by atoms with E-state index in [9.17, 15) is 0 Å². The van der Waals surface area contributed by atoms with Gasteiger partial charge in [0.1, 0.15) is 0 Å². The van der Waals surface area contributed by atoms with E-state index in [1.165, 1.54) is 66.4 Å². The van der Waals surface area contributed by atoms with E-state index in [-0.39, 0.29) is 0 Å². The van der Waals surface area contributed by atoms with Crippen molar-refractivity contribution in [1.82, 2.24) is 0 Å². The fraction of sp³-hybridized carbons (Fsp3) is 0. The van der Waals surface area contributed by atoms with Crippen molar-refractivity contribution in [1.29, 1.82) is 0 Å². The van der Waals surface area contributed by atoms with Crippen molar-refractivity contribution in [3.63, 3.8) is 0 Å². The molecule has 9 aromatic carbocycles. The number of nitrogens with zero attached hydrogens (tertiary/aromatic N) is 1. The van der Waals surface area contributed by atoms with Crippen LogP contribution in [0, 0.1) is 0 Å². The Labute approximate surface area is 311 Å². The van der Waals surface area contributed by atoms with E-state index in [2.05, 4.69) is 229 Å². The molecule has 0 heterocycles. The van der Waals surface area contributed by atoms with Gasteiger partial charge in [-0.3, -0.25) is 0 Å². The summed E-state index contributed by atoms with van der Waals surface area (Å²) in [6.45, 7) is 0. The monoisotopic (exact) mass is 675 g/mol. The topological polar surface area (TPSA) is 3.24 Å². The van der Waals surface area contributed by atoms with Crippen molar-refractivity contribution in [2.24, 2.45) is 0 Å². The van der Waals surface area contributed by atoms with Crippen LogP contribution < -0.4 is 4.90 Å². The number of fused-ring (bicyclic) bond motifs is 1. The van der Waals surface area contributed by atoms with Crippen LogP contribution in [0.2, 0.25) is 0 Å². The number of hydrogen-bond acceptors (Lipinski definition) is 1. The lowest BCUT2D eigenvalue weighted by Gasteiger charge is -2.26. The average molecular weight is 676 g/mol. The molecule has 0 saturated heterocycles. The Morgan fingerprint density at radius 2 is 0.566 bits per heavy atom. The molecule has 0 aliphatic rings. The molecule has 0 unspecified atom stereocenters. The highest BCUT2D eigenvalue weighted by Crippen LogP contribution is 2.38. The number of anilines is 3. The second-order valence-electron chi connectivity index (χ2n) is 13.4. The molecule has 0 atom stereocenters. The predicted molar refractivity (Wildman–Crippen MR) is 226 cm³/mol. The Hall–Kier alpha value is -6.96. The minimum Gasteiger partial charge on any atom is -0.311 e. The Kier molecular flexibility index (Phi) is 8.66. The lowest BCUT2D eigenvalue weighted by molar-refractivity contribution is 1.28. The predicted octanol–water partition coefficient (Wildman–Crippen LogP) is 14.6. The van der Waals surface area contributed by atoms with Gasteiger partial charge in [0.25, 0.3) is 0 Å². The maximum Gasteiger partial charge on any atom is 0.0462 e. The van der Waals surface area contributed by atoms with Gasteiger partial charge in [-0.15, -0.1) is 0 Å². The van der Waals surface area contributed by atoms with Gasteiger partial charge in [-0.1, -0.05) is 182 Å². The number of hydrogen-bond donors (Lipinski definition) is 0. The minimum atomic E-state index is 1.10. The first-order valence-corrected chi connectivity index (χ1v) is 18.2. The SMILES string of the molecule is c1ccc(-c2ccc(N(c3ccc(-c4ccc(-c5cccc6ccccc56)cc4)cc3)c3ccc(-c4cccc(-c5ccccc5)c4)cc3)cc2)cc1. The Bertz CT molecular complexity index is 2600. The molecule has 0 N–H and O–H groups in total. The van der Waals surface area contributed by atoms with Gasteiger partial charge >= 0.3 is 0 Å². The summed E-state index contributed by atoms with van der Waals surface area (Å²) in [5.41, 5.74) is 15.4. The van der Waals surface area contributed by atoms with E-state index < -0.39 is 0 Å². The Morgan fingerprint density at radius 1 is 0.226 bits per heavy atom. The highest BCUT2D eigenvalue weighted by Gasteiger charge is 2.14. The van der Waals surface area contributed by atoms with Gasteiger partial charge in [0, 0.05) is 17.1 Å². The van der Waals surface area contributed by atoms with Crippen LogP contribution in [0.1, 0.15) is 0 Å². The molecule has 250 valence electrons. The molecular weight excluding hydrogens is 639 g/mol. The van der Waals surface area contributed by atoms with Crippen LogP contribution >= 0.6 is 0 Å². The van der Waals surface area contributed by atoms with Crippen LogP contribution in [0.5, 0.6) is 0 Å². The van der Waals surface area contributed by atoms with Gasteiger partial charge in [0.2, 0.25) is 0 Å². The maximum atomic E-state index is 2.34. The maximum absolute atomic E-state index is 2.34. The van der Waals surface area contributed by atoms with Crippen LogP contribution in [0.25, 0.3) is 66.4 Å². The normalized spacial score (nSPS) is 11.0. The molecule has 0 aliphatic heterocycles. The smallest absolute Gasteiger partial charge is 0.0462 e. The first-order chi connectivity index (χ1) is 26.3. The first-order valence-electron chi connectivity index (χ1n) is 18.2. The zero-order valence-electron chi connectivity index (χ0n) is 29.3. The van der Waals surface area contributed by atoms with Gasteiger partial charge in [0.05, 0.1) is 0 Å². The standard InChI is InChI=1S/C52H37N/c1-3-11-38(12-4-1)41-25-31-48(32-26-41)53(50-35-29-43(30-36-50)47-18-9-17-46(37-47)39-13-5-2-6-14-39)49-33-27-42(28-34-49)40-21-23-45(24-22-40)52-20-10-16-44-15-7-8-19-51(44)52/h1-37H. The summed E-state index contributed by atoms with van der Waals surface area (Å²) in [5, 5.41) is 2.54. The van der Waals surface area contributed by atoms with E-state index in [1.54, 1.807) is 0 Å². The van der Waals surface area contributed by atoms with E-state index in [4.69, 9.17) is 0 Å². The van der Waals surface area contributed by atoms with Gasteiger partial charge < -0.3 is 4.90 Å². The van der Waals surface area contributed by atoms with Crippen molar-refractivity contribution >= 4 is 27.8 Å². The molecule has 9 rings (SSSR count). The number of rotatable bonds is 8. The van der Waals surface area contributed by atoms with Crippen LogP contribution in [0.4, 0.5) is 17.1 Å². The fourth-order valence-electron chi connectivity index (χ4n) is 7.31. The molecule has 0 fully saturated rings. The summed E-state index contributed by atoms with van der Waals surface area (Å²) < 4.78 is 0. The third-order valence-electron chi connectivity index (χ3n) is 10.1. The molecule has 0 saturated carbocycles. The summed E-state index contributed by atoms with van der Waals surface area (Å²) in [7, 11) is 0. The Morgan fingerprint density at radius 3 is 1.09 bits per heavy atom. The molecule has 0 radical (unpaired) electrons. The lowest BCUT2D eigenvalue weighted by Crippen LogP contribution is -2.09. The second-order valence-corrected chi connectivity index (χ2v) is 13.4. The van der Waals surface area contributed by atoms with Crippen molar-refractivity contribution in [3.05, 3.63) is 224 Å². The number of benzene rings is 9. The summed E-state index contributed by atoms with van der Waals surface area (Å²) >= 11 is 0. The van der Waals surface area contributed by atoms with Crippen LogP contribution in [0.15, 0.2) is 224 Å². The minimum absolute atomic E-state index is 1.10. The van der Waals surface area contributed by atoms with Crippen molar-refractivity contribution in [3.8, 4) is 55.6 Å². The van der Waals surface area contributed by atoms with Crippen molar-refractivity contribution < 1.29 is 0 Å². The summed E-state index contributed by atoms with van der Waals surface area (Å²) in [6, 6.07) is 80.7. The molecular formula is C52H37N. The molecule has 53 heavy (non-hydrogen) atoms. The summed E-state index contributed by atoms with van der Waals surface area (Å²) in [6.07, 6.45) is 0. The van der Waals surface area contributed by atoms with Crippen molar-refractivity contribution in [2.75, 3.05) is 4.90 Å². The molecule has 0 amide bonds. The lowest BCUT2D eigenvalue weighted by atomic mass is 9.96. The molecule has 1 heteroatoms. The second kappa shape index (κ2) is 14.3. The van der Waals surface area contributed by atoms with E-state index in [0.717, 1.165) is 17.1 Å². The average Bonchev–Trinajstić information content (AvgIpc) is 3.25.